The van der Waals surface area contributed by atoms with Crippen LogP contribution < -0.4 is 4.72 Å². The highest BCUT2D eigenvalue weighted by molar-refractivity contribution is 7.92. The average Bonchev–Trinajstić information content (AvgIpc) is 2.46. The van der Waals surface area contributed by atoms with Gasteiger partial charge in [-0.3, -0.25) is 4.72 Å². The number of benzene rings is 2. The SMILES string of the molecule is Cc1ccc(S(=O)(=O)Nc2cc(C(=O)O)ccc2C(=O)O)cc1. The Morgan fingerprint density at radius 3 is 2.09 bits per heavy atom. The Morgan fingerprint density at radius 1 is 0.957 bits per heavy atom. The molecule has 2 aromatic carbocycles. The monoisotopic (exact) mass is 335 g/mol. The summed E-state index contributed by atoms with van der Waals surface area (Å²) in [5.41, 5.74) is -0.0108. The topological polar surface area (TPSA) is 121 Å². The second kappa shape index (κ2) is 6.09. The van der Waals surface area contributed by atoms with Crippen LogP contribution >= 0.6 is 0 Å². The Balaban J connectivity index is 2.48. The van der Waals surface area contributed by atoms with Crippen LogP contribution in [-0.2, 0) is 10.0 Å². The van der Waals surface area contributed by atoms with E-state index in [9.17, 15) is 18.0 Å². The van der Waals surface area contributed by atoms with Crippen molar-refractivity contribution in [2.24, 2.45) is 0 Å². The number of hydrogen-bond acceptors (Lipinski definition) is 4. The molecular formula is C15H13NO6S. The number of nitrogens with one attached hydrogen (secondary N) is 1. The van der Waals surface area contributed by atoms with E-state index < -0.39 is 22.0 Å². The fraction of sp³-hybridized carbons (Fsp3) is 0.0667. The van der Waals surface area contributed by atoms with Crippen LogP contribution in [0.5, 0.6) is 0 Å². The van der Waals surface area contributed by atoms with Crippen molar-refractivity contribution < 1.29 is 28.2 Å². The Bertz CT molecular complexity index is 871. The molecule has 0 saturated heterocycles. The molecule has 0 radical (unpaired) electrons. The van der Waals surface area contributed by atoms with Crippen LogP contribution in [0.15, 0.2) is 47.4 Å². The smallest absolute Gasteiger partial charge is 0.337 e. The summed E-state index contributed by atoms with van der Waals surface area (Å²) >= 11 is 0. The largest absolute Gasteiger partial charge is 0.478 e. The average molecular weight is 335 g/mol. The maximum atomic E-state index is 12.3. The molecule has 0 heterocycles. The third kappa shape index (κ3) is 3.67. The molecule has 0 aromatic heterocycles. The van der Waals surface area contributed by atoms with E-state index in [0.29, 0.717) is 0 Å². The van der Waals surface area contributed by atoms with E-state index in [4.69, 9.17) is 10.2 Å². The second-order valence-corrected chi connectivity index (χ2v) is 6.47. The van der Waals surface area contributed by atoms with Crippen molar-refractivity contribution in [3.63, 3.8) is 0 Å². The minimum atomic E-state index is -4.03. The maximum absolute atomic E-state index is 12.3. The first-order valence-electron chi connectivity index (χ1n) is 6.41. The third-order valence-electron chi connectivity index (χ3n) is 3.07. The lowest BCUT2D eigenvalue weighted by Gasteiger charge is -2.11. The maximum Gasteiger partial charge on any atom is 0.337 e. The van der Waals surface area contributed by atoms with Gasteiger partial charge < -0.3 is 10.2 Å². The van der Waals surface area contributed by atoms with E-state index in [0.717, 1.165) is 23.8 Å². The number of hydrogen-bond donors (Lipinski definition) is 3. The second-order valence-electron chi connectivity index (χ2n) is 4.79. The normalized spacial score (nSPS) is 11.0. The van der Waals surface area contributed by atoms with E-state index >= 15 is 0 Å². The molecular weight excluding hydrogens is 322 g/mol. The molecule has 0 aliphatic carbocycles. The Hall–Kier alpha value is -2.87. The molecule has 0 saturated carbocycles. The Morgan fingerprint density at radius 2 is 1.57 bits per heavy atom. The lowest BCUT2D eigenvalue weighted by molar-refractivity contribution is 0.0682. The van der Waals surface area contributed by atoms with Crippen LogP contribution in [-0.4, -0.2) is 30.6 Å². The lowest BCUT2D eigenvalue weighted by atomic mass is 10.1. The molecule has 23 heavy (non-hydrogen) atoms. The fourth-order valence-electron chi connectivity index (χ4n) is 1.87. The van der Waals surface area contributed by atoms with E-state index in [1.54, 1.807) is 19.1 Å². The first-order valence-corrected chi connectivity index (χ1v) is 7.89. The van der Waals surface area contributed by atoms with Crippen molar-refractivity contribution in [1.29, 1.82) is 0 Å². The van der Waals surface area contributed by atoms with Gasteiger partial charge in [-0.15, -0.1) is 0 Å². The number of aromatic carboxylic acids is 2. The first-order chi connectivity index (χ1) is 10.7. The van der Waals surface area contributed by atoms with Crippen LogP contribution in [0.1, 0.15) is 26.3 Å². The van der Waals surface area contributed by atoms with Crippen LogP contribution in [0.2, 0.25) is 0 Å². The van der Waals surface area contributed by atoms with Gasteiger partial charge in [-0.1, -0.05) is 17.7 Å². The van der Waals surface area contributed by atoms with Crippen LogP contribution in [0, 0.1) is 6.92 Å². The van der Waals surface area contributed by atoms with Crippen LogP contribution in [0.4, 0.5) is 5.69 Å². The van der Waals surface area contributed by atoms with Crippen LogP contribution in [0.25, 0.3) is 0 Å². The summed E-state index contributed by atoms with van der Waals surface area (Å²) in [6, 6.07) is 9.05. The number of anilines is 1. The van der Waals surface area contributed by atoms with E-state index in [-0.39, 0.29) is 21.7 Å². The van der Waals surface area contributed by atoms with Gasteiger partial charge in [0.25, 0.3) is 10.0 Å². The van der Waals surface area contributed by atoms with E-state index in [2.05, 4.69) is 4.72 Å². The molecule has 0 amide bonds. The summed E-state index contributed by atoms with van der Waals surface area (Å²) in [4.78, 5) is 22.1. The summed E-state index contributed by atoms with van der Waals surface area (Å²) in [6.07, 6.45) is 0. The number of aryl methyl sites for hydroxylation is 1. The number of carboxylic acid groups (broad SMARTS) is 2. The molecule has 2 aromatic rings. The number of rotatable bonds is 5. The van der Waals surface area contributed by atoms with Crippen molar-refractivity contribution in [2.45, 2.75) is 11.8 Å². The lowest BCUT2D eigenvalue weighted by Crippen LogP contribution is -2.16. The molecule has 0 aliphatic heterocycles. The Kier molecular flexibility index (Phi) is 4.37. The van der Waals surface area contributed by atoms with Gasteiger partial charge in [-0.25, -0.2) is 18.0 Å². The molecule has 0 bridgehead atoms. The van der Waals surface area contributed by atoms with Gasteiger partial charge in [0.1, 0.15) is 0 Å². The van der Waals surface area contributed by atoms with Gasteiger partial charge in [-0.2, -0.15) is 0 Å². The van der Waals surface area contributed by atoms with Crippen molar-refractivity contribution in [2.75, 3.05) is 4.72 Å². The highest BCUT2D eigenvalue weighted by Gasteiger charge is 2.20. The Labute approximate surface area is 132 Å². The molecule has 3 N–H and O–H groups in total. The van der Waals surface area contributed by atoms with Crippen molar-refractivity contribution in [3.05, 3.63) is 59.2 Å². The zero-order valence-corrected chi connectivity index (χ0v) is 12.8. The molecule has 120 valence electrons. The predicted molar refractivity (Wildman–Crippen MR) is 82.3 cm³/mol. The molecule has 7 nitrogen and oxygen atoms in total. The van der Waals surface area contributed by atoms with Gasteiger partial charge in [0.05, 0.1) is 21.7 Å². The molecule has 8 heteroatoms. The highest BCUT2D eigenvalue weighted by atomic mass is 32.2. The summed E-state index contributed by atoms with van der Waals surface area (Å²) in [6.45, 7) is 1.79. The van der Waals surface area contributed by atoms with Crippen LogP contribution in [0.3, 0.4) is 0 Å². The zero-order valence-electron chi connectivity index (χ0n) is 12.0. The van der Waals surface area contributed by atoms with E-state index in [1.807, 2.05) is 0 Å². The van der Waals surface area contributed by atoms with Gasteiger partial charge in [0.2, 0.25) is 0 Å². The van der Waals surface area contributed by atoms with Gasteiger partial charge >= 0.3 is 11.9 Å². The summed E-state index contributed by atoms with van der Waals surface area (Å²) < 4.78 is 26.8. The summed E-state index contributed by atoms with van der Waals surface area (Å²) in [5.74, 6) is -2.67. The standard InChI is InChI=1S/C15H13NO6S/c1-9-2-5-11(6-3-9)23(21,22)16-13-8-10(14(17)18)4-7-12(13)15(19)20/h2-8,16H,1H3,(H,17,18)(H,19,20). The highest BCUT2D eigenvalue weighted by Crippen LogP contribution is 2.22. The van der Waals surface area contributed by atoms with E-state index in [1.165, 1.54) is 12.1 Å². The van der Waals surface area contributed by atoms with Gasteiger partial charge in [0.15, 0.2) is 0 Å². The van der Waals surface area contributed by atoms with Gasteiger partial charge in [-0.05, 0) is 37.3 Å². The molecule has 0 fully saturated rings. The third-order valence-corrected chi connectivity index (χ3v) is 4.45. The summed E-state index contributed by atoms with van der Waals surface area (Å²) in [5, 5.41) is 18.1. The van der Waals surface area contributed by atoms with Gasteiger partial charge in [0, 0.05) is 0 Å². The fourth-order valence-corrected chi connectivity index (χ4v) is 2.94. The minimum absolute atomic E-state index is 0.0554. The molecule has 2 rings (SSSR count). The predicted octanol–water partition coefficient (Wildman–Crippen LogP) is 2.19. The zero-order chi connectivity index (χ0) is 17.2. The van der Waals surface area contributed by atoms with Crippen molar-refractivity contribution in [1.82, 2.24) is 0 Å². The molecule has 0 atom stereocenters. The molecule has 0 unspecified atom stereocenters. The quantitative estimate of drug-likeness (QED) is 0.770. The minimum Gasteiger partial charge on any atom is -0.478 e. The number of carboxylic acids is 2. The molecule has 0 aliphatic rings. The van der Waals surface area contributed by atoms with Crippen molar-refractivity contribution >= 4 is 27.6 Å². The summed E-state index contributed by atoms with van der Waals surface area (Å²) in [7, 11) is -4.03. The first kappa shape index (κ1) is 16.5. The number of sulfonamides is 1. The number of carbonyl (C=O) groups is 2. The molecule has 0 spiro atoms. The van der Waals surface area contributed by atoms with Crippen molar-refractivity contribution in [3.8, 4) is 0 Å².